The summed E-state index contributed by atoms with van der Waals surface area (Å²) < 4.78 is 10.5. The van der Waals surface area contributed by atoms with Crippen LogP contribution in [0.25, 0.3) is 0 Å². The predicted octanol–water partition coefficient (Wildman–Crippen LogP) is 2.74. The smallest absolute Gasteiger partial charge is 0.261 e. The Hall–Kier alpha value is -2.22. The minimum atomic E-state index is -0.286. The van der Waals surface area contributed by atoms with Gasteiger partial charge >= 0.3 is 0 Å². The summed E-state index contributed by atoms with van der Waals surface area (Å²) in [6.07, 6.45) is 6.53. The molecule has 0 saturated heterocycles. The van der Waals surface area contributed by atoms with Gasteiger partial charge in [-0.05, 0) is 31.4 Å². The van der Waals surface area contributed by atoms with Crippen LogP contribution in [0.4, 0.5) is 0 Å². The van der Waals surface area contributed by atoms with Gasteiger partial charge in [-0.3, -0.25) is 9.59 Å². The number of methoxy groups -OCH3 is 2. The number of nitrogens with one attached hydrogen (secondary N) is 2. The second-order valence-corrected chi connectivity index (χ2v) is 8.11. The lowest BCUT2D eigenvalue weighted by molar-refractivity contribution is -0.117. The van der Waals surface area contributed by atoms with Gasteiger partial charge in [0, 0.05) is 12.6 Å². The Morgan fingerprint density at radius 2 is 1.86 bits per heavy atom. The van der Waals surface area contributed by atoms with E-state index in [-0.39, 0.29) is 17.1 Å². The van der Waals surface area contributed by atoms with Crippen molar-refractivity contribution >= 4 is 28.7 Å². The van der Waals surface area contributed by atoms with E-state index in [0.29, 0.717) is 36.1 Å². The number of ether oxygens (including phenoxy) is 2. The normalized spacial score (nSPS) is 19.9. The summed E-state index contributed by atoms with van der Waals surface area (Å²) in [6.45, 7) is 0.371. The average Bonchev–Trinajstić information content (AvgIpc) is 3.06. The van der Waals surface area contributed by atoms with Crippen LogP contribution in [0, 0.1) is 0 Å². The first-order valence-corrected chi connectivity index (χ1v) is 10.5. The highest BCUT2D eigenvalue weighted by Gasteiger charge is 2.30. The zero-order valence-electron chi connectivity index (χ0n) is 16.3. The van der Waals surface area contributed by atoms with Crippen LogP contribution in [-0.2, 0) is 4.79 Å². The van der Waals surface area contributed by atoms with Crippen molar-refractivity contribution in [2.24, 2.45) is 4.99 Å². The van der Waals surface area contributed by atoms with Crippen LogP contribution in [0.2, 0.25) is 0 Å². The number of hydrogen-bond acceptors (Lipinski definition) is 6. The van der Waals surface area contributed by atoms with Gasteiger partial charge in [-0.1, -0.05) is 37.1 Å². The summed E-state index contributed by atoms with van der Waals surface area (Å²) >= 11 is 1.46. The molecule has 152 valence electrons. The maximum absolute atomic E-state index is 12.6. The van der Waals surface area contributed by atoms with Gasteiger partial charge in [0.25, 0.3) is 11.8 Å². The Kier molecular flexibility index (Phi) is 7.19. The zero-order chi connectivity index (χ0) is 19.9. The molecular weight excluding hydrogens is 378 g/mol. The molecule has 1 atom stereocenters. The molecule has 8 heteroatoms. The molecule has 1 aliphatic heterocycles. The van der Waals surface area contributed by atoms with Crippen molar-refractivity contribution in [1.29, 1.82) is 0 Å². The van der Waals surface area contributed by atoms with E-state index < -0.39 is 0 Å². The van der Waals surface area contributed by atoms with Crippen LogP contribution in [0.3, 0.4) is 0 Å². The third-order valence-corrected chi connectivity index (χ3v) is 6.18. The van der Waals surface area contributed by atoms with E-state index in [4.69, 9.17) is 9.47 Å². The van der Waals surface area contributed by atoms with Crippen LogP contribution >= 0.6 is 11.8 Å². The molecular formula is C20H27N3O4S. The Bertz CT molecular complexity index is 725. The van der Waals surface area contributed by atoms with E-state index >= 15 is 0 Å². The van der Waals surface area contributed by atoms with Crippen molar-refractivity contribution in [3.8, 4) is 11.5 Å². The lowest BCUT2D eigenvalue weighted by Gasteiger charge is -2.23. The fraction of sp³-hybridized carbons (Fsp3) is 0.550. The lowest BCUT2D eigenvalue weighted by Crippen LogP contribution is -2.34. The van der Waals surface area contributed by atoms with E-state index in [0.717, 1.165) is 18.0 Å². The van der Waals surface area contributed by atoms with Crippen molar-refractivity contribution < 1.29 is 19.1 Å². The highest BCUT2D eigenvalue weighted by atomic mass is 32.2. The molecule has 2 amide bonds. The Morgan fingerprint density at radius 1 is 1.18 bits per heavy atom. The van der Waals surface area contributed by atoms with Gasteiger partial charge in [-0.2, -0.15) is 4.99 Å². The Balaban J connectivity index is 1.49. The number of amidine groups is 1. The number of nitrogens with zero attached hydrogens (tertiary/aromatic N) is 1. The first kappa shape index (κ1) is 20.5. The molecule has 1 unspecified atom stereocenters. The molecule has 3 rings (SSSR count). The molecule has 2 aliphatic rings. The highest BCUT2D eigenvalue weighted by molar-refractivity contribution is 8.15. The van der Waals surface area contributed by atoms with Gasteiger partial charge in [0.05, 0.1) is 19.5 Å². The number of amides is 2. The summed E-state index contributed by atoms with van der Waals surface area (Å²) in [6, 6.07) is 5.61. The molecule has 28 heavy (non-hydrogen) atoms. The number of benzene rings is 1. The third kappa shape index (κ3) is 4.98. The monoisotopic (exact) mass is 405 g/mol. The first-order valence-electron chi connectivity index (χ1n) is 9.67. The van der Waals surface area contributed by atoms with Crippen molar-refractivity contribution in [1.82, 2.24) is 10.6 Å². The van der Waals surface area contributed by atoms with Gasteiger partial charge in [-0.15, -0.1) is 0 Å². The second-order valence-electron chi connectivity index (χ2n) is 6.92. The molecule has 1 saturated carbocycles. The summed E-state index contributed by atoms with van der Waals surface area (Å²) in [7, 11) is 3.02. The Labute approximate surface area is 169 Å². The SMILES string of the molecule is COc1cccc(OC)c1C(=O)NCCC1SC(NC2CCCCC2)=NC1=O. The van der Waals surface area contributed by atoms with E-state index in [1.807, 2.05) is 0 Å². The van der Waals surface area contributed by atoms with Crippen molar-refractivity contribution in [3.63, 3.8) is 0 Å². The number of thioether (sulfide) groups is 1. The molecule has 2 N–H and O–H groups in total. The molecule has 1 fully saturated rings. The minimum absolute atomic E-state index is 0.132. The van der Waals surface area contributed by atoms with Gasteiger partial charge < -0.3 is 20.1 Å². The third-order valence-electron chi connectivity index (χ3n) is 5.02. The maximum atomic E-state index is 12.6. The molecule has 1 aromatic rings. The zero-order valence-corrected chi connectivity index (χ0v) is 17.1. The van der Waals surface area contributed by atoms with Crippen molar-refractivity contribution in [3.05, 3.63) is 23.8 Å². The average molecular weight is 406 g/mol. The number of carbonyl (C=O) groups is 2. The van der Waals surface area contributed by atoms with E-state index in [9.17, 15) is 9.59 Å². The van der Waals surface area contributed by atoms with Gasteiger partial charge in [0.2, 0.25) is 0 Å². The summed E-state index contributed by atoms with van der Waals surface area (Å²) in [5.41, 5.74) is 0.355. The number of rotatable bonds is 7. The molecule has 0 bridgehead atoms. The summed E-state index contributed by atoms with van der Waals surface area (Å²) in [5.74, 6) is 0.481. The van der Waals surface area contributed by atoms with Gasteiger partial charge in [0.1, 0.15) is 17.1 Å². The lowest BCUT2D eigenvalue weighted by atomic mass is 9.96. The number of aliphatic imine (C=N–C) groups is 1. The number of hydrogen-bond donors (Lipinski definition) is 2. The molecule has 0 aromatic heterocycles. The van der Waals surface area contributed by atoms with Crippen LogP contribution in [-0.4, -0.2) is 49.0 Å². The molecule has 0 radical (unpaired) electrons. The van der Waals surface area contributed by atoms with Gasteiger partial charge in [-0.25, -0.2) is 0 Å². The van der Waals surface area contributed by atoms with E-state index in [2.05, 4.69) is 15.6 Å². The summed E-state index contributed by atoms with van der Waals surface area (Å²) in [5, 5.41) is 6.72. The molecule has 7 nitrogen and oxygen atoms in total. The molecule has 1 aromatic carbocycles. The molecule has 1 heterocycles. The standard InChI is InChI=1S/C20H27N3O4S/c1-26-14-9-6-10-15(27-2)17(14)19(25)21-12-11-16-18(24)23-20(28-16)22-13-7-4-3-5-8-13/h6,9-10,13,16H,3-5,7-8,11-12H2,1-2H3,(H,21,25)(H,22,23,24). The van der Waals surface area contributed by atoms with Crippen LogP contribution in [0.1, 0.15) is 48.9 Å². The fourth-order valence-corrected chi connectivity index (χ4v) is 4.57. The fourth-order valence-electron chi connectivity index (χ4n) is 3.53. The quantitative estimate of drug-likeness (QED) is 0.725. The first-order chi connectivity index (χ1) is 13.6. The predicted molar refractivity (Wildman–Crippen MR) is 110 cm³/mol. The Morgan fingerprint density at radius 3 is 2.50 bits per heavy atom. The largest absolute Gasteiger partial charge is 0.496 e. The second kappa shape index (κ2) is 9.82. The minimum Gasteiger partial charge on any atom is -0.496 e. The molecule has 1 aliphatic carbocycles. The van der Waals surface area contributed by atoms with E-state index in [1.165, 1.54) is 45.2 Å². The number of carbonyl (C=O) groups excluding carboxylic acids is 2. The van der Waals surface area contributed by atoms with Crippen LogP contribution in [0.5, 0.6) is 11.5 Å². The van der Waals surface area contributed by atoms with Crippen LogP contribution < -0.4 is 20.1 Å². The highest BCUT2D eigenvalue weighted by Crippen LogP contribution is 2.29. The van der Waals surface area contributed by atoms with Crippen molar-refractivity contribution in [2.45, 2.75) is 49.8 Å². The summed E-state index contributed by atoms with van der Waals surface area (Å²) in [4.78, 5) is 28.9. The van der Waals surface area contributed by atoms with Crippen LogP contribution in [0.15, 0.2) is 23.2 Å². The van der Waals surface area contributed by atoms with E-state index in [1.54, 1.807) is 18.2 Å². The maximum Gasteiger partial charge on any atom is 0.261 e. The van der Waals surface area contributed by atoms with Gasteiger partial charge in [0.15, 0.2) is 5.17 Å². The molecule has 0 spiro atoms. The van der Waals surface area contributed by atoms with Crippen molar-refractivity contribution in [2.75, 3.05) is 20.8 Å². The topological polar surface area (TPSA) is 89.0 Å².